The average Bonchev–Trinajstić information content (AvgIpc) is 2.32. The molecule has 1 unspecified atom stereocenters. The summed E-state index contributed by atoms with van der Waals surface area (Å²) in [6.45, 7) is -0.0825. The van der Waals surface area contributed by atoms with Gasteiger partial charge in [0.2, 0.25) is 0 Å². The minimum absolute atomic E-state index is 0.0825. The number of benzene rings is 1. The Hall–Kier alpha value is -1.26. The summed E-state index contributed by atoms with van der Waals surface area (Å²) in [7, 11) is 0. The molecule has 0 saturated carbocycles. The highest BCUT2D eigenvalue weighted by atomic mass is 19.1. The SMILES string of the molecule is O=C1c2cccc(F)c2C[NH+]1[O-]. The summed E-state index contributed by atoms with van der Waals surface area (Å²) in [6, 6.07) is 4.17. The van der Waals surface area contributed by atoms with Gasteiger partial charge in [-0.25, -0.2) is 9.18 Å². The van der Waals surface area contributed by atoms with Gasteiger partial charge in [-0.3, -0.25) is 0 Å². The molecule has 0 fully saturated rings. The topological polar surface area (TPSA) is 44.6 Å². The van der Waals surface area contributed by atoms with E-state index in [1.165, 1.54) is 18.2 Å². The van der Waals surface area contributed by atoms with Crippen molar-refractivity contribution < 1.29 is 14.2 Å². The first-order valence-electron chi connectivity index (χ1n) is 3.55. The lowest BCUT2D eigenvalue weighted by atomic mass is 10.1. The Morgan fingerprint density at radius 1 is 1.50 bits per heavy atom. The van der Waals surface area contributed by atoms with Gasteiger partial charge < -0.3 is 10.3 Å². The molecule has 0 radical (unpaired) electrons. The minimum Gasteiger partial charge on any atom is -0.626 e. The van der Waals surface area contributed by atoms with E-state index < -0.39 is 16.8 Å². The monoisotopic (exact) mass is 167 g/mol. The molecule has 62 valence electrons. The lowest BCUT2D eigenvalue weighted by Gasteiger charge is -2.09. The number of hydrogen-bond acceptors (Lipinski definition) is 2. The van der Waals surface area contributed by atoms with Crippen LogP contribution in [0.2, 0.25) is 0 Å². The molecule has 0 aromatic heterocycles. The number of nitrogens with one attached hydrogen (secondary N) is 1. The predicted octanol–water partition coefficient (Wildman–Crippen LogP) is -0.138. The van der Waals surface area contributed by atoms with Crippen LogP contribution in [-0.4, -0.2) is 5.91 Å². The van der Waals surface area contributed by atoms with Gasteiger partial charge in [0.05, 0.1) is 11.1 Å². The maximum Gasteiger partial charge on any atom is 0.345 e. The largest absolute Gasteiger partial charge is 0.626 e. The Morgan fingerprint density at radius 2 is 2.25 bits per heavy atom. The molecule has 1 aliphatic heterocycles. The van der Waals surface area contributed by atoms with E-state index in [4.69, 9.17) is 0 Å². The second kappa shape index (κ2) is 2.36. The zero-order valence-electron chi connectivity index (χ0n) is 6.13. The molecule has 1 amide bonds. The Labute approximate surface area is 68.0 Å². The molecule has 0 saturated heterocycles. The molecule has 0 spiro atoms. The number of fused-ring (bicyclic) bond motifs is 1. The van der Waals surface area contributed by atoms with Crippen molar-refractivity contribution in [2.45, 2.75) is 6.54 Å². The van der Waals surface area contributed by atoms with Crippen molar-refractivity contribution in [3.8, 4) is 0 Å². The number of rotatable bonds is 0. The minimum atomic E-state index is -0.565. The highest BCUT2D eigenvalue weighted by Gasteiger charge is 2.29. The molecule has 1 atom stereocenters. The summed E-state index contributed by atoms with van der Waals surface area (Å²) in [5, 5.41) is 10.3. The smallest absolute Gasteiger partial charge is 0.345 e. The fourth-order valence-electron chi connectivity index (χ4n) is 1.34. The second-order valence-electron chi connectivity index (χ2n) is 2.70. The third-order valence-corrected chi connectivity index (χ3v) is 1.95. The number of quaternary nitrogens is 1. The molecule has 2 rings (SSSR count). The van der Waals surface area contributed by atoms with E-state index in [2.05, 4.69) is 0 Å². The van der Waals surface area contributed by atoms with E-state index in [0.29, 0.717) is 0 Å². The summed E-state index contributed by atoms with van der Waals surface area (Å²) < 4.78 is 12.9. The molecule has 1 heterocycles. The van der Waals surface area contributed by atoms with E-state index in [1.807, 2.05) is 0 Å². The molecule has 1 N–H and O–H groups in total. The van der Waals surface area contributed by atoms with Gasteiger partial charge in [0, 0.05) is 0 Å². The molecule has 1 aliphatic rings. The second-order valence-corrected chi connectivity index (χ2v) is 2.70. The quantitative estimate of drug-likeness (QED) is 0.547. The van der Waals surface area contributed by atoms with Crippen LogP contribution in [0.15, 0.2) is 18.2 Å². The van der Waals surface area contributed by atoms with Crippen molar-refractivity contribution in [3.63, 3.8) is 0 Å². The van der Waals surface area contributed by atoms with Crippen LogP contribution in [0.5, 0.6) is 0 Å². The van der Waals surface area contributed by atoms with Crippen LogP contribution in [0.4, 0.5) is 4.39 Å². The zero-order valence-corrected chi connectivity index (χ0v) is 6.13. The van der Waals surface area contributed by atoms with Crippen LogP contribution in [0.3, 0.4) is 0 Å². The molecule has 12 heavy (non-hydrogen) atoms. The van der Waals surface area contributed by atoms with Crippen LogP contribution in [0.1, 0.15) is 15.9 Å². The normalized spacial score (nSPS) is 21.2. The lowest BCUT2D eigenvalue weighted by molar-refractivity contribution is -0.767. The number of carbonyl (C=O) groups is 1. The summed E-state index contributed by atoms with van der Waals surface area (Å²) in [4.78, 5) is 11.0. The Bertz CT molecular complexity index is 351. The first kappa shape index (κ1) is 7.39. The van der Waals surface area contributed by atoms with Crippen LogP contribution < -0.4 is 5.06 Å². The van der Waals surface area contributed by atoms with Gasteiger partial charge in [-0.15, -0.1) is 0 Å². The molecule has 1 aromatic carbocycles. The number of halogens is 1. The third-order valence-electron chi connectivity index (χ3n) is 1.95. The van der Waals surface area contributed by atoms with E-state index in [1.54, 1.807) is 0 Å². The zero-order chi connectivity index (χ0) is 8.72. The highest BCUT2D eigenvalue weighted by Crippen LogP contribution is 2.15. The van der Waals surface area contributed by atoms with E-state index >= 15 is 0 Å². The Balaban J connectivity index is 2.61. The highest BCUT2D eigenvalue weighted by molar-refractivity contribution is 5.91. The maximum absolute atomic E-state index is 12.9. The first-order valence-corrected chi connectivity index (χ1v) is 3.55. The third kappa shape index (κ3) is 0.855. The fraction of sp³-hybridized carbons (Fsp3) is 0.125. The summed E-state index contributed by atoms with van der Waals surface area (Å²) in [5.74, 6) is -1.03. The van der Waals surface area contributed by atoms with E-state index in [-0.39, 0.29) is 17.7 Å². The van der Waals surface area contributed by atoms with Gasteiger partial charge >= 0.3 is 5.91 Å². The van der Waals surface area contributed by atoms with Crippen LogP contribution in [0, 0.1) is 11.0 Å². The number of carbonyl (C=O) groups excluding carboxylic acids is 1. The van der Waals surface area contributed by atoms with Gasteiger partial charge in [0.15, 0.2) is 0 Å². The molecule has 0 aliphatic carbocycles. The Morgan fingerprint density at radius 3 is 2.92 bits per heavy atom. The van der Waals surface area contributed by atoms with Crippen LogP contribution in [-0.2, 0) is 6.54 Å². The van der Waals surface area contributed by atoms with Crippen molar-refractivity contribution in [2.75, 3.05) is 0 Å². The van der Waals surface area contributed by atoms with Crippen molar-refractivity contribution in [2.24, 2.45) is 0 Å². The van der Waals surface area contributed by atoms with Crippen molar-refractivity contribution in [1.82, 2.24) is 0 Å². The van der Waals surface area contributed by atoms with Crippen molar-refractivity contribution in [1.29, 1.82) is 0 Å². The fourth-order valence-corrected chi connectivity index (χ4v) is 1.34. The number of amides is 1. The van der Waals surface area contributed by atoms with Crippen LogP contribution in [0.25, 0.3) is 0 Å². The lowest BCUT2D eigenvalue weighted by Crippen LogP contribution is -3.06. The molecule has 4 heteroatoms. The van der Waals surface area contributed by atoms with Crippen LogP contribution >= 0.6 is 0 Å². The average molecular weight is 167 g/mol. The first-order chi connectivity index (χ1) is 5.70. The van der Waals surface area contributed by atoms with E-state index in [9.17, 15) is 14.4 Å². The molecule has 1 aromatic rings. The van der Waals surface area contributed by atoms with Crippen molar-refractivity contribution >= 4 is 5.91 Å². The van der Waals surface area contributed by atoms with Gasteiger partial charge in [0.25, 0.3) is 0 Å². The maximum atomic E-state index is 12.9. The molecular formula is C8H6FNO2. The van der Waals surface area contributed by atoms with E-state index in [0.717, 1.165) is 0 Å². The Kier molecular flexibility index (Phi) is 1.46. The predicted molar refractivity (Wildman–Crippen MR) is 38.8 cm³/mol. The van der Waals surface area contributed by atoms with Gasteiger partial charge in [-0.1, -0.05) is 6.07 Å². The number of hydroxylamine groups is 2. The molecule has 3 nitrogen and oxygen atoms in total. The molecular weight excluding hydrogens is 161 g/mol. The summed E-state index contributed by atoms with van der Waals surface area (Å²) >= 11 is 0. The molecule has 0 bridgehead atoms. The summed E-state index contributed by atoms with van der Waals surface area (Å²) in [6.07, 6.45) is 0. The van der Waals surface area contributed by atoms with Gasteiger partial charge in [-0.05, 0) is 12.1 Å². The van der Waals surface area contributed by atoms with Crippen molar-refractivity contribution in [3.05, 3.63) is 40.4 Å². The summed E-state index contributed by atoms with van der Waals surface area (Å²) in [5.41, 5.74) is 0.465. The standard InChI is InChI=1S/C8H6FNO2/c9-7-3-1-2-5-6(7)4-10(12)8(5)11/h1-3,10H,4H2. The van der Waals surface area contributed by atoms with Gasteiger partial charge in [0.1, 0.15) is 12.4 Å². The number of hydrogen-bond donors (Lipinski definition) is 1. The van der Waals surface area contributed by atoms with Gasteiger partial charge in [-0.2, -0.15) is 0 Å².